The summed E-state index contributed by atoms with van der Waals surface area (Å²) in [5.41, 5.74) is 8.34. The molecule has 0 amide bonds. The Balaban J connectivity index is 2.53. The molecule has 0 unspecified atom stereocenters. The molecule has 0 bridgehead atoms. The predicted molar refractivity (Wildman–Crippen MR) is 59.3 cm³/mol. The zero-order chi connectivity index (χ0) is 10.8. The van der Waals surface area contributed by atoms with E-state index < -0.39 is 0 Å². The Hall–Kier alpha value is -1.97. The second-order valence-corrected chi connectivity index (χ2v) is 3.29. The van der Waals surface area contributed by atoms with Crippen LogP contribution in [0.5, 0.6) is 5.75 Å². The molecule has 2 aromatic rings. The second-order valence-electron chi connectivity index (χ2n) is 3.29. The van der Waals surface area contributed by atoms with Gasteiger partial charge in [0.1, 0.15) is 11.4 Å². The van der Waals surface area contributed by atoms with E-state index in [4.69, 9.17) is 10.5 Å². The molecule has 0 fully saturated rings. The second kappa shape index (κ2) is 3.65. The molecular weight excluding hydrogens is 190 g/mol. The maximum atomic E-state index is 5.95. The smallest absolute Gasteiger partial charge is 0.143 e. The van der Waals surface area contributed by atoms with Gasteiger partial charge in [0.25, 0.3) is 0 Å². The molecule has 0 spiro atoms. The zero-order valence-corrected chi connectivity index (χ0v) is 8.77. The highest BCUT2D eigenvalue weighted by Crippen LogP contribution is 2.27. The first-order valence-electron chi connectivity index (χ1n) is 4.67. The highest BCUT2D eigenvalue weighted by atomic mass is 16.5. The standard InChI is InChI=1S/C11H13N3O/c1-8-6-7-14(13-8)9-4-3-5-10(15-2)11(9)12/h3-7H,12H2,1-2H3. The number of aryl methyl sites for hydroxylation is 1. The van der Waals surface area contributed by atoms with Gasteiger partial charge in [-0.1, -0.05) is 6.07 Å². The average Bonchev–Trinajstić information content (AvgIpc) is 2.65. The number of nitrogen functional groups attached to an aromatic ring is 1. The van der Waals surface area contributed by atoms with Crippen molar-refractivity contribution in [3.8, 4) is 11.4 Å². The van der Waals surface area contributed by atoms with E-state index in [1.54, 1.807) is 11.8 Å². The van der Waals surface area contributed by atoms with E-state index in [1.807, 2.05) is 37.4 Å². The van der Waals surface area contributed by atoms with E-state index in [0.29, 0.717) is 11.4 Å². The molecule has 0 aliphatic carbocycles. The molecule has 0 saturated carbocycles. The summed E-state index contributed by atoms with van der Waals surface area (Å²) in [6.45, 7) is 1.94. The summed E-state index contributed by atoms with van der Waals surface area (Å²) in [6, 6.07) is 7.56. The van der Waals surface area contributed by atoms with Crippen LogP contribution in [-0.2, 0) is 0 Å². The third kappa shape index (κ3) is 1.66. The minimum absolute atomic E-state index is 0.600. The fraction of sp³-hybridized carbons (Fsp3) is 0.182. The summed E-state index contributed by atoms with van der Waals surface area (Å²) in [6.07, 6.45) is 1.88. The Kier molecular flexibility index (Phi) is 2.33. The maximum absolute atomic E-state index is 5.95. The molecule has 4 nitrogen and oxygen atoms in total. The van der Waals surface area contributed by atoms with Crippen molar-refractivity contribution < 1.29 is 4.74 Å². The number of ether oxygens (including phenoxy) is 1. The number of methoxy groups -OCH3 is 1. The number of rotatable bonds is 2. The Morgan fingerprint density at radius 3 is 2.73 bits per heavy atom. The van der Waals surface area contributed by atoms with Crippen molar-refractivity contribution in [2.75, 3.05) is 12.8 Å². The predicted octanol–water partition coefficient (Wildman–Crippen LogP) is 1.77. The molecule has 15 heavy (non-hydrogen) atoms. The molecule has 4 heteroatoms. The third-order valence-electron chi connectivity index (χ3n) is 2.23. The Morgan fingerprint density at radius 1 is 1.33 bits per heavy atom. The number of benzene rings is 1. The SMILES string of the molecule is COc1cccc(-n2ccc(C)n2)c1N. The molecule has 0 atom stereocenters. The number of nitrogens with two attached hydrogens (primary N) is 1. The van der Waals surface area contributed by atoms with Crippen LogP contribution in [0.2, 0.25) is 0 Å². The van der Waals surface area contributed by atoms with Crippen LogP contribution >= 0.6 is 0 Å². The summed E-state index contributed by atoms with van der Waals surface area (Å²) in [7, 11) is 1.60. The van der Waals surface area contributed by atoms with Crippen molar-refractivity contribution in [2.24, 2.45) is 0 Å². The van der Waals surface area contributed by atoms with Crippen molar-refractivity contribution >= 4 is 5.69 Å². The van der Waals surface area contributed by atoms with Crippen molar-refractivity contribution in [1.29, 1.82) is 0 Å². The molecule has 0 aliphatic rings. The normalized spacial score (nSPS) is 10.3. The lowest BCUT2D eigenvalue weighted by Gasteiger charge is -2.09. The topological polar surface area (TPSA) is 53.1 Å². The summed E-state index contributed by atoms with van der Waals surface area (Å²) in [5, 5.41) is 4.30. The van der Waals surface area contributed by atoms with Gasteiger partial charge in [-0.15, -0.1) is 0 Å². The Labute approximate surface area is 88.3 Å². The molecule has 1 aromatic carbocycles. The van der Waals surface area contributed by atoms with Gasteiger partial charge >= 0.3 is 0 Å². The number of anilines is 1. The van der Waals surface area contributed by atoms with Crippen molar-refractivity contribution in [1.82, 2.24) is 9.78 Å². The van der Waals surface area contributed by atoms with Crippen LogP contribution in [0.4, 0.5) is 5.69 Å². The van der Waals surface area contributed by atoms with Crippen LogP contribution in [0.3, 0.4) is 0 Å². The van der Waals surface area contributed by atoms with Crippen LogP contribution in [0.25, 0.3) is 5.69 Å². The van der Waals surface area contributed by atoms with Gasteiger partial charge in [0, 0.05) is 6.20 Å². The molecule has 0 saturated heterocycles. The van der Waals surface area contributed by atoms with Crippen LogP contribution in [-0.4, -0.2) is 16.9 Å². The summed E-state index contributed by atoms with van der Waals surface area (Å²) < 4.78 is 6.89. The lowest BCUT2D eigenvalue weighted by atomic mass is 10.2. The van der Waals surface area contributed by atoms with E-state index >= 15 is 0 Å². The lowest BCUT2D eigenvalue weighted by Crippen LogP contribution is -2.02. The number of hydrogen-bond acceptors (Lipinski definition) is 3. The maximum Gasteiger partial charge on any atom is 0.143 e. The third-order valence-corrected chi connectivity index (χ3v) is 2.23. The van der Waals surface area contributed by atoms with Gasteiger partial charge in [-0.3, -0.25) is 0 Å². The number of nitrogens with zero attached hydrogens (tertiary/aromatic N) is 2. The molecule has 0 aliphatic heterocycles. The fourth-order valence-electron chi connectivity index (χ4n) is 1.46. The number of hydrogen-bond donors (Lipinski definition) is 1. The van der Waals surface area contributed by atoms with Crippen molar-refractivity contribution in [3.05, 3.63) is 36.2 Å². The highest BCUT2D eigenvalue weighted by molar-refractivity contribution is 5.66. The Bertz CT molecular complexity index is 476. The summed E-state index contributed by atoms with van der Waals surface area (Å²) >= 11 is 0. The van der Waals surface area contributed by atoms with E-state index in [2.05, 4.69) is 5.10 Å². The van der Waals surface area contributed by atoms with Crippen LogP contribution < -0.4 is 10.5 Å². The van der Waals surface area contributed by atoms with Gasteiger partial charge < -0.3 is 10.5 Å². The van der Waals surface area contributed by atoms with Crippen LogP contribution in [0.1, 0.15) is 5.69 Å². The molecule has 0 radical (unpaired) electrons. The quantitative estimate of drug-likeness (QED) is 0.757. The molecule has 2 rings (SSSR count). The van der Waals surface area contributed by atoms with Gasteiger partial charge in [-0.25, -0.2) is 4.68 Å². The van der Waals surface area contributed by atoms with Gasteiger partial charge in [-0.2, -0.15) is 5.10 Å². The van der Waals surface area contributed by atoms with E-state index in [1.165, 1.54) is 0 Å². The summed E-state index contributed by atoms with van der Waals surface area (Å²) in [4.78, 5) is 0. The van der Waals surface area contributed by atoms with Crippen LogP contribution in [0.15, 0.2) is 30.5 Å². The zero-order valence-electron chi connectivity index (χ0n) is 8.77. The lowest BCUT2D eigenvalue weighted by molar-refractivity contribution is 0.416. The Morgan fingerprint density at radius 2 is 2.13 bits per heavy atom. The first-order chi connectivity index (χ1) is 7.22. The molecule has 2 N–H and O–H groups in total. The monoisotopic (exact) mass is 203 g/mol. The largest absolute Gasteiger partial charge is 0.495 e. The van der Waals surface area contributed by atoms with Crippen LogP contribution in [0, 0.1) is 6.92 Å². The molecule has 1 aromatic heterocycles. The van der Waals surface area contributed by atoms with Gasteiger partial charge in [0.15, 0.2) is 0 Å². The minimum Gasteiger partial charge on any atom is -0.495 e. The van der Waals surface area contributed by atoms with Gasteiger partial charge in [0.2, 0.25) is 0 Å². The van der Waals surface area contributed by atoms with Gasteiger partial charge in [0.05, 0.1) is 18.5 Å². The van der Waals surface area contributed by atoms with E-state index in [0.717, 1.165) is 11.4 Å². The first kappa shape index (κ1) is 9.58. The summed E-state index contributed by atoms with van der Waals surface area (Å²) in [5.74, 6) is 0.667. The first-order valence-corrected chi connectivity index (χ1v) is 4.67. The minimum atomic E-state index is 0.600. The number of para-hydroxylation sites is 1. The number of aromatic nitrogens is 2. The molecule has 1 heterocycles. The molecular formula is C11H13N3O. The fourth-order valence-corrected chi connectivity index (χ4v) is 1.46. The van der Waals surface area contributed by atoms with Crippen molar-refractivity contribution in [3.63, 3.8) is 0 Å². The van der Waals surface area contributed by atoms with E-state index in [9.17, 15) is 0 Å². The van der Waals surface area contributed by atoms with Gasteiger partial charge in [-0.05, 0) is 25.1 Å². The van der Waals surface area contributed by atoms with E-state index in [-0.39, 0.29) is 0 Å². The average molecular weight is 203 g/mol. The van der Waals surface area contributed by atoms with Crippen molar-refractivity contribution in [2.45, 2.75) is 6.92 Å². The highest BCUT2D eigenvalue weighted by Gasteiger charge is 2.07. The molecule has 78 valence electrons.